The molecule has 0 spiro atoms. The molecule has 0 bridgehead atoms. The van der Waals surface area contributed by atoms with Crippen molar-refractivity contribution >= 4 is 18.3 Å². The predicted molar refractivity (Wildman–Crippen MR) is 101 cm³/mol. The van der Waals surface area contributed by atoms with Crippen LogP contribution in [0.25, 0.3) is 0 Å². The van der Waals surface area contributed by atoms with E-state index < -0.39 is 0 Å². The summed E-state index contributed by atoms with van der Waals surface area (Å²) in [7, 11) is 0. The van der Waals surface area contributed by atoms with Crippen LogP contribution in [-0.2, 0) is 4.74 Å². The van der Waals surface area contributed by atoms with Gasteiger partial charge in [0.25, 0.3) is 5.91 Å². The Bertz CT molecular complexity index is 529. The number of rotatable bonds is 7. The molecule has 2 aliphatic rings. The first-order valence-corrected chi connectivity index (χ1v) is 9.14. The van der Waals surface area contributed by atoms with Crippen molar-refractivity contribution in [1.82, 2.24) is 10.6 Å². The van der Waals surface area contributed by atoms with Gasteiger partial charge in [-0.05, 0) is 69.3 Å². The van der Waals surface area contributed by atoms with E-state index >= 15 is 0 Å². The molecule has 140 valence electrons. The van der Waals surface area contributed by atoms with Crippen LogP contribution in [0.5, 0.6) is 5.75 Å². The highest BCUT2D eigenvalue weighted by Gasteiger charge is 2.16. The molecule has 1 aromatic rings. The lowest BCUT2D eigenvalue weighted by Gasteiger charge is -2.22. The highest BCUT2D eigenvalue weighted by Crippen LogP contribution is 2.17. The average molecular weight is 369 g/mol. The summed E-state index contributed by atoms with van der Waals surface area (Å²) in [4.78, 5) is 12.3. The van der Waals surface area contributed by atoms with Gasteiger partial charge in [0.2, 0.25) is 0 Å². The number of carbonyl (C=O) groups excluding carboxylic acids is 1. The average Bonchev–Trinajstić information content (AvgIpc) is 3.15. The van der Waals surface area contributed by atoms with E-state index in [0.29, 0.717) is 18.1 Å². The molecule has 2 unspecified atom stereocenters. The Morgan fingerprint density at radius 1 is 1.32 bits per heavy atom. The third-order valence-electron chi connectivity index (χ3n) is 4.79. The zero-order valence-corrected chi connectivity index (χ0v) is 15.5. The lowest BCUT2D eigenvalue weighted by Crippen LogP contribution is -2.33. The number of ether oxygens (including phenoxy) is 2. The minimum absolute atomic E-state index is 0. The number of amides is 1. The molecular formula is C19H29ClN2O3. The van der Waals surface area contributed by atoms with Crippen LogP contribution < -0.4 is 15.4 Å². The van der Waals surface area contributed by atoms with Gasteiger partial charge in [0.05, 0.1) is 6.10 Å². The first-order chi connectivity index (χ1) is 11.8. The fourth-order valence-corrected chi connectivity index (χ4v) is 3.35. The van der Waals surface area contributed by atoms with Crippen molar-refractivity contribution < 1.29 is 14.3 Å². The molecule has 0 saturated carbocycles. The molecule has 2 heterocycles. The van der Waals surface area contributed by atoms with Crippen molar-refractivity contribution in [3.63, 3.8) is 0 Å². The molecule has 1 amide bonds. The molecule has 2 atom stereocenters. The van der Waals surface area contributed by atoms with Crippen LogP contribution in [0, 0.1) is 5.92 Å². The van der Waals surface area contributed by atoms with Gasteiger partial charge in [-0.1, -0.05) is 6.07 Å². The zero-order chi connectivity index (χ0) is 16.6. The van der Waals surface area contributed by atoms with Crippen LogP contribution in [0.15, 0.2) is 24.3 Å². The second-order valence-electron chi connectivity index (χ2n) is 6.73. The number of halogens is 1. The molecule has 0 aromatic heterocycles. The van der Waals surface area contributed by atoms with E-state index in [1.54, 1.807) is 0 Å². The second kappa shape index (κ2) is 10.6. The maximum Gasteiger partial charge on any atom is 0.251 e. The van der Waals surface area contributed by atoms with E-state index in [1.807, 2.05) is 24.3 Å². The van der Waals surface area contributed by atoms with Gasteiger partial charge < -0.3 is 20.1 Å². The zero-order valence-electron chi connectivity index (χ0n) is 14.7. The number of hydrogen-bond acceptors (Lipinski definition) is 4. The summed E-state index contributed by atoms with van der Waals surface area (Å²) in [6.07, 6.45) is 5.88. The standard InChI is InChI=1S/C19H28N2O3.ClH/c22-19(21-10-8-15-4-2-9-20-13-15)16-5-1-6-17(12-16)24-14-18-7-3-11-23-18;/h1,5-6,12,15,18,20H,2-4,7-11,13-14H2,(H,21,22);1H. The summed E-state index contributed by atoms with van der Waals surface area (Å²) in [5.41, 5.74) is 0.654. The van der Waals surface area contributed by atoms with Crippen LogP contribution >= 0.6 is 12.4 Å². The molecule has 0 radical (unpaired) electrons. The van der Waals surface area contributed by atoms with Crippen molar-refractivity contribution in [3.8, 4) is 5.75 Å². The first kappa shape index (κ1) is 20.0. The van der Waals surface area contributed by atoms with Crippen LogP contribution in [-0.4, -0.2) is 44.9 Å². The summed E-state index contributed by atoms with van der Waals surface area (Å²) in [6.45, 7) is 4.31. The number of benzene rings is 1. The third kappa shape index (κ3) is 6.49. The molecular weight excluding hydrogens is 340 g/mol. The fourth-order valence-electron chi connectivity index (χ4n) is 3.35. The third-order valence-corrected chi connectivity index (χ3v) is 4.79. The molecule has 3 rings (SSSR count). The van der Waals surface area contributed by atoms with E-state index in [-0.39, 0.29) is 24.4 Å². The van der Waals surface area contributed by atoms with E-state index in [4.69, 9.17) is 9.47 Å². The SMILES string of the molecule is Cl.O=C(NCCC1CCCNC1)c1cccc(OCC2CCCO2)c1. The van der Waals surface area contributed by atoms with E-state index in [2.05, 4.69) is 10.6 Å². The van der Waals surface area contributed by atoms with Crippen molar-refractivity contribution in [2.45, 2.75) is 38.2 Å². The molecule has 5 nitrogen and oxygen atoms in total. The molecule has 2 N–H and O–H groups in total. The Hall–Kier alpha value is -1.30. The van der Waals surface area contributed by atoms with Gasteiger partial charge in [0.1, 0.15) is 12.4 Å². The Labute approximate surface area is 156 Å². The first-order valence-electron chi connectivity index (χ1n) is 9.14. The molecule has 1 aromatic carbocycles. The minimum Gasteiger partial charge on any atom is -0.491 e. The molecule has 25 heavy (non-hydrogen) atoms. The number of carbonyl (C=O) groups is 1. The van der Waals surface area contributed by atoms with Crippen LogP contribution in [0.4, 0.5) is 0 Å². The Kier molecular flexibility index (Phi) is 8.52. The Morgan fingerprint density at radius 2 is 2.24 bits per heavy atom. The maximum absolute atomic E-state index is 12.3. The molecule has 6 heteroatoms. The summed E-state index contributed by atoms with van der Waals surface area (Å²) in [5.74, 6) is 1.39. The van der Waals surface area contributed by atoms with Crippen molar-refractivity contribution in [1.29, 1.82) is 0 Å². The summed E-state index contributed by atoms with van der Waals surface area (Å²) in [6, 6.07) is 7.40. The van der Waals surface area contributed by atoms with Crippen molar-refractivity contribution in [2.75, 3.05) is 32.8 Å². The van der Waals surface area contributed by atoms with Gasteiger partial charge >= 0.3 is 0 Å². The molecule has 2 fully saturated rings. The number of nitrogens with one attached hydrogen (secondary N) is 2. The second-order valence-corrected chi connectivity index (χ2v) is 6.73. The van der Waals surface area contributed by atoms with Gasteiger partial charge in [-0.15, -0.1) is 12.4 Å². The molecule has 2 aliphatic heterocycles. The van der Waals surface area contributed by atoms with E-state index in [0.717, 1.165) is 51.3 Å². The van der Waals surface area contributed by atoms with Crippen LogP contribution in [0.2, 0.25) is 0 Å². The van der Waals surface area contributed by atoms with Gasteiger partial charge in [-0.3, -0.25) is 4.79 Å². The largest absolute Gasteiger partial charge is 0.491 e. The Balaban J connectivity index is 0.00000225. The lowest BCUT2D eigenvalue weighted by atomic mass is 9.96. The van der Waals surface area contributed by atoms with Gasteiger partial charge in [-0.2, -0.15) is 0 Å². The normalized spacial score (nSPS) is 22.9. The number of piperidine rings is 1. The predicted octanol–water partition coefficient (Wildman–Crippen LogP) is 2.79. The van der Waals surface area contributed by atoms with Gasteiger partial charge in [-0.25, -0.2) is 0 Å². The monoisotopic (exact) mass is 368 g/mol. The fraction of sp³-hybridized carbons (Fsp3) is 0.632. The highest BCUT2D eigenvalue weighted by atomic mass is 35.5. The van der Waals surface area contributed by atoms with Crippen LogP contribution in [0.3, 0.4) is 0 Å². The topological polar surface area (TPSA) is 59.6 Å². The summed E-state index contributed by atoms with van der Waals surface area (Å²) >= 11 is 0. The van der Waals surface area contributed by atoms with E-state index in [9.17, 15) is 4.79 Å². The van der Waals surface area contributed by atoms with Gasteiger partial charge in [0.15, 0.2) is 0 Å². The minimum atomic E-state index is -0.0265. The quantitative estimate of drug-likeness (QED) is 0.777. The maximum atomic E-state index is 12.3. The summed E-state index contributed by atoms with van der Waals surface area (Å²) < 4.78 is 11.3. The van der Waals surface area contributed by atoms with E-state index in [1.165, 1.54) is 12.8 Å². The Morgan fingerprint density at radius 3 is 3.00 bits per heavy atom. The summed E-state index contributed by atoms with van der Waals surface area (Å²) in [5, 5.41) is 6.43. The smallest absolute Gasteiger partial charge is 0.251 e. The van der Waals surface area contributed by atoms with Gasteiger partial charge in [0, 0.05) is 18.7 Å². The number of hydrogen-bond donors (Lipinski definition) is 2. The highest BCUT2D eigenvalue weighted by molar-refractivity contribution is 5.94. The molecule has 0 aliphatic carbocycles. The van der Waals surface area contributed by atoms with Crippen LogP contribution in [0.1, 0.15) is 42.5 Å². The van der Waals surface area contributed by atoms with Crippen molar-refractivity contribution in [3.05, 3.63) is 29.8 Å². The lowest BCUT2D eigenvalue weighted by molar-refractivity contribution is 0.0679. The molecule has 2 saturated heterocycles. The van der Waals surface area contributed by atoms with Crippen molar-refractivity contribution in [2.24, 2.45) is 5.92 Å².